The number of benzene rings is 1. The van der Waals surface area contributed by atoms with Crippen LogP contribution in [0.4, 0.5) is 8.78 Å². The van der Waals surface area contributed by atoms with Crippen molar-refractivity contribution in [3.05, 3.63) is 47.2 Å². The molecule has 1 aromatic rings. The molecule has 0 saturated carbocycles. The summed E-state index contributed by atoms with van der Waals surface area (Å²) in [5.74, 6) is -0.622. The number of carbonyl (C=O) groups is 2. The summed E-state index contributed by atoms with van der Waals surface area (Å²) in [4.78, 5) is 26.6. The molecule has 1 fully saturated rings. The van der Waals surface area contributed by atoms with E-state index in [4.69, 9.17) is 10.5 Å². The maximum atomic E-state index is 13.2. The first-order valence-corrected chi connectivity index (χ1v) is 8.49. The molecule has 0 bridgehead atoms. The highest BCUT2D eigenvalue weighted by Crippen LogP contribution is 2.40. The number of alkyl halides is 2. The predicted molar refractivity (Wildman–Crippen MR) is 91.7 cm³/mol. The number of Topliss-reactive ketones (excluding diaryl/α,β-unsaturated/α-hetero) is 1. The van der Waals surface area contributed by atoms with Gasteiger partial charge in [-0.15, -0.1) is 0 Å². The zero-order valence-corrected chi connectivity index (χ0v) is 14.8. The number of nitrogens with two attached hydrogens (primary N) is 1. The van der Waals surface area contributed by atoms with Crippen LogP contribution in [0.1, 0.15) is 42.6 Å². The summed E-state index contributed by atoms with van der Waals surface area (Å²) < 4.78 is 32.4. The Morgan fingerprint density at radius 2 is 2.00 bits per heavy atom. The van der Waals surface area contributed by atoms with Crippen molar-refractivity contribution in [2.24, 2.45) is 11.1 Å². The molecular formula is C19H22F2N2O3. The summed E-state index contributed by atoms with van der Waals surface area (Å²) in [7, 11) is 0. The fourth-order valence-corrected chi connectivity index (χ4v) is 3.85. The summed E-state index contributed by atoms with van der Waals surface area (Å²) in [6.45, 7) is 4.28. The van der Waals surface area contributed by atoms with Gasteiger partial charge in [0.15, 0.2) is 5.78 Å². The van der Waals surface area contributed by atoms with Crippen LogP contribution in [0.25, 0.3) is 0 Å². The molecule has 3 rings (SSSR count). The molecule has 140 valence electrons. The first-order valence-electron chi connectivity index (χ1n) is 8.49. The lowest BCUT2D eigenvalue weighted by Gasteiger charge is -2.46. The molecule has 1 amide bonds. The van der Waals surface area contributed by atoms with Gasteiger partial charge in [0.05, 0.1) is 18.8 Å². The zero-order valence-electron chi connectivity index (χ0n) is 14.8. The molecule has 1 aliphatic heterocycles. The van der Waals surface area contributed by atoms with Gasteiger partial charge in [0, 0.05) is 23.1 Å². The largest absolute Gasteiger partial charge is 0.396 e. The summed E-state index contributed by atoms with van der Waals surface area (Å²) in [6, 6.07) is 5.71. The molecule has 1 aromatic carbocycles. The number of hydrogen-bond donors (Lipinski definition) is 1. The van der Waals surface area contributed by atoms with Crippen molar-refractivity contribution in [1.29, 1.82) is 0 Å². The molecule has 2 aliphatic rings. The van der Waals surface area contributed by atoms with E-state index in [0.29, 0.717) is 13.0 Å². The first kappa shape index (κ1) is 18.5. The number of hydrogen-bond acceptors (Lipinski definition) is 4. The fourth-order valence-electron chi connectivity index (χ4n) is 3.85. The van der Waals surface area contributed by atoms with E-state index in [9.17, 15) is 18.4 Å². The van der Waals surface area contributed by atoms with Crippen LogP contribution in [0, 0.1) is 5.41 Å². The molecule has 1 spiro atoms. The number of nitrogens with zero attached hydrogens (tertiary/aromatic N) is 1. The fraction of sp³-hybridized carbons (Fsp3) is 0.474. The first-order chi connectivity index (χ1) is 12.2. The Morgan fingerprint density at radius 3 is 2.65 bits per heavy atom. The quantitative estimate of drug-likeness (QED) is 0.876. The minimum absolute atomic E-state index is 0.0114. The van der Waals surface area contributed by atoms with E-state index in [1.165, 1.54) is 23.1 Å². The third kappa shape index (κ3) is 3.23. The third-order valence-electron chi connectivity index (χ3n) is 4.96. The molecule has 1 heterocycles. The van der Waals surface area contributed by atoms with Crippen molar-refractivity contribution in [3.63, 3.8) is 0 Å². The lowest BCUT2D eigenvalue weighted by atomic mass is 9.71. The third-order valence-corrected chi connectivity index (χ3v) is 4.96. The molecule has 0 aromatic heterocycles. The van der Waals surface area contributed by atoms with Crippen LogP contribution in [-0.4, -0.2) is 41.9 Å². The van der Waals surface area contributed by atoms with Gasteiger partial charge < -0.3 is 15.4 Å². The molecule has 1 aliphatic carbocycles. The Hall–Kier alpha value is -2.28. The van der Waals surface area contributed by atoms with Gasteiger partial charge in [-0.3, -0.25) is 9.59 Å². The van der Waals surface area contributed by atoms with Crippen LogP contribution < -0.4 is 5.73 Å². The Kier molecular flexibility index (Phi) is 4.60. The number of carbonyl (C=O) groups excluding carboxylic acids is 2. The van der Waals surface area contributed by atoms with E-state index in [1.54, 1.807) is 26.0 Å². The molecule has 1 atom stereocenters. The molecule has 1 unspecified atom stereocenters. The number of amides is 1. The Labute approximate surface area is 150 Å². The summed E-state index contributed by atoms with van der Waals surface area (Å²) in [5.41, 5.74) is 4.11. The molecule has 5 nitrogen and oxygen atoms in total. The second kappa shape index (κ2) is 6.46. The topological polar surface area (TPSA) is 72.6 Å². The van der Waals surface area contributed by atoms with Crippen molar-refractivity contribution in [2.45, 2.75) is 32.3 Å². The van der Waals surface area contributed by atoms with Gasteiger partial charge in [0.2, 0.25) is 0 Å². The summed E-state index contributed by atoms with van der Waals surface area (Å²) in [5, 5.41) is 0. The minimum atomic E-state index is -2.73. The number of rotatable bonds is 2. The van der Waals surface area contributed by atoms with Gasteiger partial charge in [-0.25, -0.2) is 8.78 Å². The Balaban J connectivity index is 1.90. The van der Waals surface area contributed by atoms with Gasteiger partial charge in [-0.2, -0.15) is 0 Å². The molecule has 26 heavy (non-hydrogen) atoms. The van der Waals surface area contributed by atoms with Crippen LogP contribution in [0.5, 0.6) is 0 Å². The van der Waals surface area contributed by atoms with Crippen LogP contribution >= 0.6 is 0 Å². The highest BCUT2D eigenvalue weighted by Gasteiger charge is 2.48. The molecule has 1 saturated heterocycles. The van der Waals surface area contributed by atoms with E-state index in [-0.39, 0.29) is 35.8 Å². The number of ketones is 1. The van der Waals surface area contributed by atoms with Crippen LogP contribution in [0.2, 0.25) is 0 Å². The highest BCUT2D eigenvalue weighted by molar-refractivity contribution is 6.00. The average molecular weight is 364 g/mol. The number of allylic oxidation sites excluding steroid dienone is 1. The predicted octanol–water partition coefficient (Wildman–Crippen LogP) is 2.68. The average Bonchev–Trinajstić information content (AvgIpc) is 2.58. The van der Waals surface area contributed by atoms with Gasteiger partial charge in [-0.1, -0.05) is 32.0 Å². The van der Waals surface area contributed by atoms with Crippen molar-refractivity contribution in [3.8, 4) is 0 Å². The highest BCUT2D eigenvalue weighted by atomic mass is 19.3. The number of ether oxygens (including phenoxy) is 1. The van der Waals surface area contributed by atoms with Crippen molar-refractivity contribution in [2.75, 3.05) is 19.7 Å². The lowest BCUT2D eigenvalue weighted by Crippen LogP contribution is -2.57. The monoisotopic (exact) mass is 364 g/mol. The molecule has 7 heteroatoms. The maximum Gasteiger partial charge on any atom is 0.264 e. The SMILES string of the molecule is CC1(C)CC2(C=C(N)C1=O)CN(C(=O)c1ccccc1C(F)F)CCO2. The van der Waals surface area contributed by atoms with Crippen molar-refractivity contribution < 1.29 is 23.1 Å². The van der Waals surface area contributed by atoms with Crippen LogP contribution in [0.15, 0.2) is 36.0 Å². The van der Waals surface area contributed by atoms with E-state index in [2.05, 4.69) is 0 Å². The molecule has 0 radical (unpaired) electrons. The standard InChI is InChI=1S/C19H22F2N2O3/c1-18(2)10-19(9-14(22)15(18)24)11-23(7-8-26-19)17(25)13-6-4-3-5-12(13)16(20)21/h3-6,9,16H,7-8,10-11,22H2,1-2H3. The van der Waals surface area contributed by atoms with E-state index in [0.717, 1.165) is 0 Å². The lowest BCUT2D eigenvalue weighted by molar-refractivity contribution is -0.135. The smallest absolute Gasteiger partial charge is 0.264 e. The van der Waals surface area contributed by atoms with Gasteiger partial charge >= 0.3 is 0 Å². The maximum absolute atomic E-state index is 13.2. The van der Waals surface area contributed by atoms with Crippen LogP contribution in [0.3, 0.4) is 0 Å². The van der Waals surface area contributed by atoms with E-state index in [1.807, 2.05) is 0 Å². The van der Waals surface area contributed by atoms with Crippen molar-refractivity contribution in [1.82, 2.24) is 4.90 Å². The number of morpholine rings is 1. The van der Waals surface area contributed by atoms with Crippen molar-refractivity contribution >= 4 is 11.7 Å². The Bertz CT molecular complexity index is 776. The molecule has 2 N–H and O–H groups in total. The van der Waals surface area contributed by atoms with Gasteiger partial charge in [0.25, 0.3) is 12.3 Å². The van der Waals surface area contributed by atoms with Crippen LogP contribution in [-0.2, 0) is 9.53 Å². The minimum Gasteiger partial charge on any atom is -0.396 e. The second-order valence-electron chi connectivity index (χ2n) is 7.52. The van der Waals surface area contributed by atoms with E-state index < -0.39 is 23.3 Å². The van der Waals surface area contributed by atoms with Gasteiger partial charge in [0.1, 0.15) is 5.60 Å². The Morgan fingerprint density at radius 1 is 1.31 bits per heavy atom. The second-order valence-corrected chi connectivity index (χ2v) is 7.52. The molecular weight excluding hydrogens is 342 g/mol. The summed E-state index contributed by atoms with van der Waals surface area (Å²) in [6.07, 6.45) is -0.786. The van der Waals surface area contributed by atoms with E-state index >= 15 is 0 Å². The normalized spacial score (nSPS) is 25.5. The number of halogens is 2. The zero-order chi connectivity index (χ0) is 19.1. The summed E-state index contributed by atoms with van der Waals surface area (Å²) >= 11 is 0. The van der Waals surface area contributed by atoms with Gasteiger partial charge in [-0.05, 0) is 18.6 Å².